The average molecular weight is 163 g/mol. The van der Waals surface area contributed by atoms with Gasteiger partial charge in [-0.25, -0.2) is 0 Å². The largest absolute Gasteiger partial charge is 0.299 e. The third kappa shape index (κ3) is 5.56. The number of hydrogen-bond acceptors (Lipinski definition) is 2. The predicted octanol–water partition coefficient (Wildman–Crippen LogP) is 0.663. The van der Waals surface area contributed by atoms with Crippen molar-refractivity contribution in [3.8, 4) is 0 Å². The van der Waals surface area contributed by atoms with Crippen LogP contribution in [-0.2, 0) is 9.59 Å². The Hall–Kier alpha value is -0.440. The number of allylic oxidation sites excluding steroid dienone is 2. The van der Waals surface area contributed by atoms with E-state index in [1.807, 2.05) is 0 Å². The SMILES string of the molecule is O=C/C=C\C(=O)Br. The summed E-state index contributed by atoms with van der Waals surface area (Å²) in [5.74, 6) is 0. The van der Waals surface area contributed by atoms with Crippen molar-refractivity contribution in [2.45, 2.75) is 0 Å². The molecular formula is C4H3BrO2. The number of carbonyl (C=O) groups excluding carboxylic acids is 2. The van der Waals surface area contributed by atoms with Crippen molar-refractivity contribution in [1.29, 1.82) is 0 Å². The maximum Gasteiger partial charge on any atom is 0.220 e. The second-order valence-electron chi connectivity index (χ2n) is 0.799. The lowest BCUT2D eigenvalue weighted by molar-refractivity contribution is -0.107. The van der Waals surface area contributed by atoms with Gasteiger partial charge in [0.25, 0.3) is 0 Å². The van der Waals surface area contributed by atoms with Crippen LogP contribution in [0.5, 0.6) is 0 Å². The topological polar surface area (TPSA) is 34.1 Å². The lowest BCUT2D eigenvalue weighted by Gasteiger charge is -1.65. The summed E-state index contributed by atoms with van der Waals surface area (Å²) in [5, 5.41) is 0. The summed E-state index contributed by atoms with van der Waals surface area (Å²) in [4.78, 5) is 19.3. The van der Waals surface area contributed by atoms with Crippen LogP contribution in [0.3, 0.4) is 0 Å². The zero-order valence-corrected chi connectivity index (χ0v) is 5.01. The molecule has 0 saturated carbocycles. The smallest absolute Gasteiger partial charge is 0.220 e. The molecule has 0 aromatic rings. The molecule has 2 nitrogen and oxygen atoms in total. The van der Waals surface area contributed by atoms with Gasteiger partial charge in [-0.05, 0) is 28.1 Å². The summed E-state index contributed by atoms with van der Waals surface area (Å²) in [7, 11) is 0. The number of carbonyl (C=O) groups is 2. The molecule has 0 fully saturated rings. The summed E-state index contributed by atoms with van der Waals surface area (Å²) in [5.41, 5.74) is 0. The molecular weight excluding hydrogens is 160 g/mol. The minimum Gasteiger partial charge on any atom is -0.299 e. The van der Waals surface area contributed by atoms with Gasteiger partial charge in [0.1, 0.15) is 6.29 Å². The zero-order chi connectivity index (χ0) is 5.70. The van der Waals surface area contributed by atoms with Gasteiger partial charge in [-0.3, -0.25) is 9.59 Å². The van der Waals surface area contributed by atoms with E-state index in [-0.39, 0.29) is 4.69 Å². The van der Waals surface area contributed by atoms with Crippen LogP contribution < -0.4 is 0 Å². The van der Waals surface area contributed by atoms with Crippen molar-refractivity contribution in [1.82, 2.24) is 0 Å². The monoisotopic (exact) mass is 162 g/mol. The van der Waals surface area contributed by atoms with E-state index in [9.17, 15) is 9.59 Å². The van der Waals surface area contributed by atoms with Crippen molar-refractivity contribution >= 4 is 26.9 Å². The first-order chi connectivity index (χ1) is 3.27. The fourth-order valence-electron chi connectivity index (χ4n) is 0.115. The molecule has 0 rings (SSSR count). The molecule has 0 aliphatic carbocycles. The van der Waals surface area contributed by atoms with Crippen LogP contribution in [0.1, 0.15) is 0 Å². The molecule has 0 saturated heterocycles. The Bertz CT molecular complexity index is 106. The highest BCUT2D eigenvalue weighted by Crippen LogP contribution is 1.82. The van der Waals surface area contributed by atoms with Crippen LogP contribution in [0.25, 0.3) is 0 Å². The van der Waals surface area contributed by atoms with Gasteiger partial charge >= 0.3 is 0 Å². The van der Waals surface area contributed by atoms with Crippen molar-refractivity contribution in [3.63, 3.8) is 0 Å². The highest BCUT2D eigenvalue weighted by Gasteiger charge is 1.78. The maximum absolute atomic E-state index is 9.87. The summed E-state index contributed by atoms with van der Waals surface area (Å²) in [6, 6.07) is 0. The van der Waals surface area contributed by atoms with E-state index < -0.39 is 0 Å². The lowest BCUT2D eigenvalue weighted by atomic mass is 10.6. The molecule has 7 heavy (non-hydrogen) atoms. The molecule has 0 aliphatic heterocycles. The molecule has 0 amide bonds. The van der Waals surface area contributed by atoms with Crippen molar-refractivity contribution in [2.75, 3.05) is 0 Å². The standard InChI is InChI=1S/C4H3BrO2/c5-4(7)2-1-3-6/h1-3H/b2-1-. The Labute approximate surface area is 49.3 Å². The van der Waals surface area contributed by atoms with Gasteiger partial charge in [-0.1, -0.05) is 0 Å². The van der Waals surface area contributed by atoms with Crippen LogP contribution in [0.15, 0.2) is 12.2 Å². The molecule has 0 spiro atoms. The van der Waals surface area contributed by atoms with Crippen molar-refractivity contribution < 1.29 is 9.59 Å². The molecule has 0 aromatic heterocycles. The van der Waals surface area contributed by atoms with Crippen LogP contribution in [0.2, 0.25) is 0 Å². The van der Waals surface area contributed by atoms with E-state index >= 15 is 0 Å². The Morgan fingerprint density at radius 3 is 2.29 bits per heavy atom. The highest BCUT2D eigenvalue weighted by atomic mass is 79.9. The number of halogens is 1. The molecule has 0 N–H and O–H groups in total. The maximum atomic E-state index is 9.87. The average Bonchev–Trinajstić information content (AvgIpc) is 1.61. The first-order valence-electron chi connectivity index (χ1n) is 1.58. The minimum atomic E-state index is -0.292. The molecule has 0 aliphatic rings. The van der Waals surface area contributed by atoms with Gasteiger partial charge in [0.05, 0.1) is 0 Å². The zero-order valence-electron chi connectivity index (χ0n) is 3.43. The second kappa shape index (κ2) is 3.74. The molecule has 0 radical (unpaired) electrons. The van der Waals surface area contributed by atoms with Gasteiger partial charge in [0, 0.05) is 0 Å². The Balaban J connectivity index is 3.46. The molecule has 0 atom stereocenters. The minimum absolute atomic E-state index is 0.292. The Morgan fingerprint density at radius 2 is 2.14 bits per heavy atom. The molecule has 0 aromatic carbocycles. The molecule has 3 heteroatoms. The van der Waals surface area contributed by atoms with E-state index in [1.165, 1.54) is 0 Å². The first-order valence-corrected chi connectivity index (χ1v) is 2.38. The van der Waals surface area contributed by atoms with E-state index in [1.54, 1.807) is 0 Å². The van der Waals surface area contributed by atoms with E-state index in [2.05, 4.69) is 15.9 Å². The second-order valence-corrected chi connectivity index (χ2v) is 1.58. The summed E-state index contributed by atoms with van der Waals surface area (Å²) in [6.07, 6.45) is 2.79. The third-order valence-corrected chi connectivity index (χ3v) is 0.570. The molecule has 38 valence electrons. The van der Waals surface area contributed by atoms with Crippen LogP contribution in [0.4, 0.5) is 0 Å². The van der Waals surface area contributed by atoms with Gasteiger partial charge in [-0.15, -0.1) is 0 Å². The van der Waals surface area contributed by atoms with Crippen LogP contribution in [-0.4, -0.2) is 11.0 Å². The first kappa shape index (κ1) is 6.56. The Morgan fingerprint density at radius 1 is 1.57 bits per heavy atom. The van der Waals surface area contributed by atoms with Crippen molar-refractivity contribution in [3.05, 3.63) is 12.2 Å². The van der Waals surface area contributed by atoms with E-state index in [4.69, 9.17) is 0 Å². The number of hydrogen-bond donors (Lipinski definition) is 0. The third-order valence-electron chi connectivity index (χ3n) is 0.306. The summed E-state index contributed by atoms with van der Waals surface area (Å²) in [6.45, 7) is 0. The van der Waals surface area contributed by atoms with Gasteiger partial charge in [-0.2, -0.15) is 0 Å². The molecule has 0 bridgehead atoms. The van der Waals surface area contributed by atoms with Crippen LogP contribution >= 0.6 is 15.9 Å². The molecule has 0 unspecified atom stereocenters. The number of aldehydes is 1. The van der Waals surface area contributed by atoms with E-state index in [0.29, 0.717) is 6.29 Å². The summed E-state index contributed by atoms with van der Waals surface area (Å²) >= 11 is 2.59. The molecule has 0 heterocycles. The highest BCUT2D eigenvalue weighted by molar-refractivity contribution is 9.18. The predicted molar refractivity (Wildman–Crippen MR) is 29.1 cm³/mol. The van der Waals surface area contributed by atoms with Gasteiger partial charge in [0.15, 0.2) is 0 Å². The van der Waals surface area contributed by atoms with E-state index in [0.717, 1.165) is 12.2 Å². The number of rotatable bonds is 2. The normalized spacial score (nSPS) is 9.29. The summed E-state index contributed by atoms with van der Waals surface area (Å²) < 4.78 is -0.292. The lowest BCUT2D eigenvalue weighted by Crippen LogP contribution is -1.72. The fourth-order valence-corrected chi connectivity index (χ4v) is 0.268. The van der Waals surface area contributed by atoms with Gasteiger partial charge in [0.2, 0.25) is 4.69 Å². The van der Waals surface area contributed by atoms with Crippen molar-refractivity contribution in [2.24, 2.45) is 0 Å². The Kier molecular flexibility index (Phi) is 3.50. The van der Waals surface area contributed by atoms with Crippen LogP contribution in [0, 0.1) is 0 Å². The van der Waals surface area contributed by atoms with Gasteiger partial charge < -0.3 is 0 Å². The fraction of sp³-hybridized carbons (Fsp3) is 0. The quantitative estimate of drug-likeness (QED) is 0.340.